The van der Waals surface area contributed by atoms with Crippen LogP contribution in [0.5, 0.6) is 5.75 Å². The molecule has 0 aliphatic heterocycles. The molecule has 0 radical (unpaired) electrons. The highest BCUT2D eigenvalue weighted by Crippen LogP contribution is 2.26. The van der Waals surface area contributed by atoms with Crippen molar-refractivity contribution in [3.05, 3.63) is 101 Å². The first-order chi connectivity index (χ1) is 15.0. The summed E-state index contributed by atoms with van der Waals surface area (Å²) < 4.78 is 39.3. The molecule has 158 valence electrons. The molecule has 2 aromatic carbocycles. The Bertz CT molecular complexity index is 1220. The number of hydrogen-bond acceptors (Lipinski definition) is 4. The van der Waals surface area contributed by atoms with Crippen molar-refractivity contribution < 1.29 is 22.7 Å². The highest BCUT2D eigenvalue weighted by molar-refractivity contribution is 6.32. The van der Waals surface area contributed by atoms with E-state index in [0.29, 0.717) is 22.9 Å². The number of carbonyl (C=O) groups excluding carboxylic acids is 1. The molecule has 0 saturated heterocycles. The molecule has 0 aliphatic carbocycles. The number of nitrogens with zero attached hydrogens (tertiary/aromatic N) is 2. The number of halogens is 3. The topological polar surface area (TPSA) is 69.3 Å². The first-order valence-electron chi connectivity index (χ1n) is 9.23. The molecule has 9 heteroatoms. The van der Waals surface area contributed by atoms with E-state index < -0.39 is 11.7 Å². The lowest BCUT2D eigenvalue weighted by atomic mass is 10.2. The molecular formula is C22H16ClF2N3O3. The van der Waals surface area contributed by atoms with Crippen LogP contribution in [0.15, 0.2) is 71.3 Å². The van der Waals surface area contributed by atoms with Crippen LogP contribution in [-0.2, 0) is 13.2 Å². The molecule has 0 spiro atoms. The van der Waals surface area contributed by atoms with Gasteiger partial charge in [-0.05, 0) is 36.4 Å². The summed E-state index contributed by atoms with van der Waals surface area (Å²) in [5.74, 6) is -0.244. The third-order valence-electron chi connectivity index (χ3n) is 4.32. The summed E-state index contributed by atoms with van der Waals surface area (Å²) in [6.45, 7) is 0.243. The lowest BCUT2D eigenvalue weighted by Gasteiger charge is -2.06. The number of ether oxygens (including phenoxy) is 1. The molecule has 1 amide bonds. The Balaban J connectivity index is 1.35. The molecule has 0 bridgehead atoms. The Hall–Kier alpha value is -3.65. The van der Waals surface area contributed by atoms with Crippen molar-refractivity contribution in [1.29, 1.82) is 0 Å². The quantitative estimate of drug-likeness (QED) is 0.421. The van der Waals surface area contributed by atoms with Gasteiger partial charge >= 0.3 is 0 Å². The smallest absolute Gasteiger partial charge is 0.292 e. The van der Waals surface area contributed by atoms with Crippen LogP contribution in [-0.4, -0.2) is 15.7 Å². The number of hydrogen-bond donors (Lipinski definition) is 1. The fraction of sp³-hybridized carbons (Fsp3) is 0.0909. The van der Waals surface area contributed by atoms with Crippen LogP contribution in [0.1, 0.15) is 21.9 Å². The molecule has 1 N–H and O–H groups in total. The van der Waals surface area contributed by atoms with E-state index in [0.717, 1.165) is 6.07 Å². The van der Waals surface area contributed by atoms with Crippen LogP contribution in [0.25, 0.3) is 0 Å². The van der Waals surface area contributed by atoms with Gasteiger partial charge in [0.25, 0.3) is 5.91 Å². The van der Waals surface area contributed by atoms with Gasteiger partial charge in [0.05, 0.1) is 11.6 Å². The van der Waals surface area contributed by atoms with Crippen LogP contribution >= 0.6 is 11.6 Å². The van der Waals surface area contributed by atoms with E-state index in [1.165, 1.54) is 28.9 Å². The first kappa shape index (κ1) is 20.6. The van der Waals surface area contributed by atoms with Gasteiger partial charge < -0.3 is 14.5 Å². The maximum Gasteiger partial charge on any atom is 0.292 e. The number of carbonyl (C=O) groups is 1. The molecule has 0 unspecified atom stereocenters. The van der Waals surface area contributed by atoms with Gasteiger partial charge in [-0.25, -0.2) is 8.78 Å². The Morgan fingerprint density at radius 3 is 2.77 bits per heavy atom. The molecule has 2 heterocycles. The van der Waals surface area contributed by atoms with Gasteiger partial charge in [0.2, 0.25) is 0 Å². The monoisotopic (exact) mass is 443 g/mol. The Morgan fingerprint density at radius 1 is 1.13 bits per heavy atom. The molecule has 0 fully saturated rings. The number of benzene rings is 2. The minimum atomic E-state index is -0.498. The second-order valence-electron chi connectivity index (χ2n) is 6.57. The van der Waals surface area contributed by atoms with Crippen LogP contribution in [0.4, 0.5) is 14.6 Å². The van der Waals surface area contributed by atoms with Crippen molar-refractivity contribution in [2.24, 2.45) is 0 Å². The van der Waals surface area contributed by atoms with Crippen LogP contribution < -0.4 is 10.1 Å². The van der Waals surface area contributed by atoms with Crippen LogP contribution in [0.3, 0.4) is 0 Å². The van der Waals surface area contributed by atoms with E-state index in [-0.39, 0.29) is 29.8 Å². The largest absolute Gasteiger partial charge is 0.484 e. The average Bonchev–Trinajstić information content (AvgIpc) is 3.39. The van der Waals surface area contributed by atoms with E-state index in [4.69, 9.17) is 20.8 Å². The molecule has 2 aromatic heterocycles. The van der Waals surface area contributed by atoms with E-state index in [1.807, 2.05) is 0 Å². The summed E-state index contributed by atoms with van der Waals surface area (Å²) in [4.78, 5) is 12.4. The van der Waals surface area contributed by atoms with Crippen molar-refractivity contribution in [3.8, 4) is 5.75 Å². The van der Waals surface area contributed by atoms with Gasteiger partial charge in [-0.15, -0.1) is 0 Å². The Kier molecular flexibility index (Phi) is 5.99. The number of amides is 1. The van der Waals surface area contributed by atoms with Crippen LogP contribution in [0.2, 0.25) is 5.02 Å². The minimum Gasteiger partial charge on any atom is -0.484 e. The third kappa shape index (κ3) is 5.10. The molecule has 0 saturated carbocycles. The van der Waals surface area contributed by atoms with Gasteiger partial charge in [-0.3, -0.25) is 9.48 Å². The molecule has 6 nitrogen and oxygen atoms in total. The number of nitrogens with one attached hydrogen (secondary N) is 1. The zero-order chi connectivity index (χ0) is 21.8. The van der Waals surface area contributed by atoms with Gasteiger partial charge in [-0.1, -0.05) is 29.8 Å². The summed E-state index contributed by atoms with van der Waals surface area (Å²) in [7, 11) is 0. The fourth-order valence-corrected chi connectivity index (χ4v) is 3.04. The molecule has 31 heavy (non-hydrogen) atoms. The maximum absolute atomic E-state index is 13.8. The number of anilines is 1. The fourth-order valence-electron chi connectivity index (χ4n) is 2.81. The predicted octanol–water partition coefficient (Wildman–Crippen LogP) is 5.29. The highest BCUT2D eigenvalue weighted by atomic mass is 35.5. The van der Waals surface area contributed by atoms with Crippen molar-refractivity contribution in [1.82, 2.24) is 9.78 Å². The van der Waals surface area contributed by atoms with Gasteiger partial charge in [-0.2, -0.15) is 5.10 Å². The number of aromatic nitrogens is 2. The third-order valence-corrected chi connectivity index (χ3v) is 4.62. The normalized spacial score (nSPS) is 10.8. The van der Waals surface area contributed by atoms with Gasteiger partial charge in [0.15, 0.2) is 11.6 Å². The predicted molar refractivity (Wildman–Crippen MR) is 110 cm³/mol. The zero-order valence-electron chi connectivity index (χ0n) is 16.0. The highest BCUT2D eigenvalue weighted by Gasteiger charge is 2.14. The number of furan rings is 1. The SMILES string of the molecule is O=C(Nc1ccn(Cc2ccccc2F)n1)c1ccc(COc2ccc(F)cc2Cl)o1. The van der Waals surface area contributed by atoms with Gasteiger partial charge in [0, 0.05) is 17.8 Å². The zero-order valence-corrected chi connectivity index (χ0v) is 16.8. The van der Waals surface area contributed by atoms with Crippen molar-refractivity contribution in [2.45, 2.75) is 13.2 Å². The molecule has 0 aliphatic rings. The van der Waals surface area contributed by atoms with Crippen molar-refractivity contribution in [2.75, 3.05) is 5.32 Å². The summed E-state index contributed by atoms with van der Waals surface area (Å²) in [6, 6.07) is 14.9. The number of rotatable bonds is 7. The van der Waals surface area contributed by atoms with Gasteiger partial charge in [0.1, 0.15) is 29.8 Å². The van der Waals surface area contributed by atoms with Crippen molar-refractivity contribution >= 4 is 23.3 Å². The molecule has 4 rings (SSSR count). The second-order valence-corrected chi connectivity index (χ2v) is 6.98. The minimum absolute atomic E-state index is 0.00982. The lowest BCUT2D eigenvalue weighted by molar-refractivity contribution is 0.0992. The average molecular weight is 444 g/mol. The summed E-state index contributed by atoms with van der Waals surface area (Å²) in [5.41, 5.74) is 0.486. The summed E-state index contributed by atoms with van der Waals surface area (Å²) >= 11 is 5.91. The summed E-state index contributed by atoms with van der Waals surface area (Å²) in [6.07, 6.45) is 1.63. The standard InChI is InChI=1S/C22H16ClF2N3O3/c23-17-11-15(24)5-7-19(17)30-13-16-6-8-20(31-16)22(29)26-21-9-10-28(27-21)12-14-3-1-2-4-18(14)25/h1-11H,12-13H2,(H,26,27,29). The molecule has 0 atom stereocenters. The first-order valence-corrected chi connectivity index (χ1v) is 9.60. The molecular weight excluding hydrogens is 428 g/mol. The Morgan fingerprint density at radius 2 is 1.97 bits per heavy atom. The summed E-state index contributed by atoms with van der Waals surface area (Å²) in [5, 5.41) is 6.97. The van der Waals surface area contributed by atoms with E-state index >= 15 is 0 Å². The van der Waals surface area contributed by atoms with E-state index in [1.54, 1.807) is 36.5 Å². The van der Waals surface area contributed by atoms with Crippen molar-refractivity contribution in [3.63, 3.8) is 0 Å². The Labute approximate surface area is 181 Å². The van der Waals surface area contributed by atoms with E-state index in [9.17, 15) is 13.6 Å². The van der Waals surface area contributed by atoms with E-state index in [2.05, 4.69) is 10.4 Å². The molecule has 4 aromatic rings. The second kappa shape index (κ2) is 9.01. The van der Waals surface area contributed by atoms with Crippen LogP contribution in [0, 0.1) is 11.6 Å². The lowest BCUT2D eigenvalue weighted by Crippen LogP contribution is -2.12. The maximum atomic E-state index is 13.8.